The molecule has 0 fully saturated rings. The van der Waals surface area contributed by atoms with Gasteiger partial charge in [-0.2, -0.15) is 0 Å². The second kappa shape index (κ2) is 6.07. The molecule has 0 aliphatic carbocycles. The number of hydrogen-bond donors (Lipinski definition) is 2. The van der Waals surface area contributed by atoms with Crippen LogP contribution in [0.4, 0.5) is 0 Å². The molecule has 2 aliphatic heterocycles. The zero-order valence-electron chi connectivity index (χ0n) is 12.0. The van der Waals surface area contributed by atoms with Crippen LogP contribution in [-0.4, -0.2) is 25.2 Å². The van der Waals surface area contributed by atoms with Crippen molar-refractivity contribution < 1.29 is 23.8 Å². The van der Waals surface area contributed by atoms with Crippen LogP contribution in [0.15, 0.2) is 30.0 Å². The summed E-state index contributed by atoms with van der Waals surface area (Å²) < 4.78 is 15.5. The highest BCUT2D eigenvalue weighted by Gasteiger charge is 2.29. The molecule has 0 saturated heterocycles. The lowest BCUT2D eigenvalue weighted by atomic mass is 9.98. The monoisotopic (exact) mass is 304 g/mol. The van der Waals surface area contributed by atoms with Gasteiger partial charge in [0.15, 0.2) is 0 Å². The molecule has 2 heterocycles. The summed E-state index contributed by atoms with van der Waals surface area (Å²) >= 11 is 0. The van der Waals surface area contributed by atoms with E-state index in [1.165, 1.54) is 0 Å². The summed E-state index contributed by atoms with van der Waals surface area (Å²) in [5.74, 6) is -0.140. The molecule has 0 saturated carbocycles. The minimum absolute atomic E-state index is 0.00698. The maximum atomic E-state index is 11.7. The van der Waals surface area contributed by atoms with E-state index in [2.05, 4.69) is 10.9 Å². The minimum atomic E-state index is -0.650. The highest BCUT2D eigenvalue weighted by molar-refractivity contribution is 5.92. The molecule has 0 spiro atoms. The molecule has 116 valence electrons. The molecule has 0 radical (unpaired) electrons. The molecule has 1 aromatic carbocycles. The number of ether oxygens (including phenoxy) is 3. The van der Waals surface area contributed by atoms with Gasteiger partial charge in [0.05, 0.1) is 12.6 Å². The van der Waals surface area contributed by atoms with Gasteiger partial charge in [0.25, 0.3) is 0 Å². The lowest BCUT2D eigenvalue weighted by molar-refractivity contribution is -0.149. The van der Waals surface area contributed by atoms with E-state index in [0.29, 0.717) is 12.4 Å². The van der Waals surface area contributed by atoms with Crippen molar-refractivity contribution in [3.8, 4) is 11.5 Å². The third kappa shape index (κ3) is 2.89. The predicted octanol–water partition coefficient (Wildman–Crippen LogP) is 0.970. The summed E-state index contributed by atoms with van der Waals surface area (Å²) in [4.78, 5) is 23.0. The average Bonchev–Trinajstić information content (AvgIpc) is 2.96. The van der Waals surface area contributed by atoms with Gasteiger partial charge in [-0.25, -0.2) is 5.43 Å². The van der Waals surface area contributed by atoms with E-state index in [-0.39, 0.29) is 12.6 Å². The van der Waals surface area contributed by atoms with Crippen LogP contribution in [-0.2, 0) is 14.3 Å². The molecule has 7 heteroatoms. The van der Waals surface area contributed by atoms with Crippen LogP contribution in [0.1, 0.15) is 24.9 Å². The number of hydrogen-bond acceptors (Lipinski definition) is 7. The Kier molecular flexibility index (Phi) is 3.97. The van der Waals surface area contributed by atoms with E-state index >= 15 is 0 Å². The fraction of sp³-hybridized carbons (Fsp3) is 0.333. The predicted molar refractivity (Wildman–Crippen MR) is 75.9 cm³/mol. The van der Waals surface area contributed by atoms with Gasteiger partial charge in [-0.15, -0.1) is 0 Å². The van der Waals surface area contributed by atoms with Crippen molar-refractivity contribution >= 4 is 11.9 Å². The Balaban J connectivity index is 1.71. The number of rotatable bonds is 4. The third-order valence-electron chi connectivity index (χ3n) is 3.37. The van der Waals surface area contributed by atoms with Gasteiger partial charge < -0.3 is 19.6 Å². The Labute approximate surface area is 127 Å². The maximum absolute atomic E-state index is 11.7. The standard InChI is InChI=1S/C15H16N2O5/c1-2-20-13(18)6-14(19)22-10-3-4-12-11(5-10)15-9(8-21-12)7-16-17-15/h3-5,7,15-17H,2,6,8H2,1H3. The summed E-state index contributed by atoms with van der Waals surface area (Å²) in [6.45, 7) is 2.43. The fourth-order valence-corrected chi connectivity index (χ4v) is 2.40. The van der Waals surface area contributed by atoms with Crippen LogP contribution >= 0.6 is 0 Å². The zero-order valence-corrected chi connectivity index (χ0v) is 12.0. The van der Waals surface area contributed by atoms with Crippen molar-refractivity contribution in [2.75, 3.05) is 13.2 Å². The van der Waals surface area contributed by atoms with Crippen LogP contribution < -0.4 is 20.3 Å². The Morgan fingerprint density at radius 1 is 1.36 bits per heavy atom. The van der Waals surface area contributed by atoms with Crippen molar-refractivity contribution in [3.05, 3.63) is 35.5 Å². The second-order valence-electron chi connectivity index (χ2n) is 4.89. The largest absolute Gasteiger partial charge is 0.489 e. The maximum Gasteiger partial charge on any atom is 0.322 e. The van der Waals surface area contributed by atoms with Crippen LogP contribution in [0.5, 0.6) is 11.5 Å². The van der Waals surface area contributed by atoms with E-state index < -0.39 is 18.4 Å². The molecule has 0 bridgehead atoms. The molecule has 1 aromatic rings. The molecule has 2 N–H and O–H groups in total. The molecular formula is C15H16N2O5. The first-order valence-electron chi connectivity index (χ1n) is 7.00. The van der Waals surface area contributed by atoms with Crippen molar-refractivity contribution in [2.24, 2.45) is 0 Å². The summed E-state index contributed by atoms with van der Waals surface area (Å²) in [6.07, 6.45) is 1.45. The van der Waals surface area contributed by atoms with Gasteiger partial charge in [0.2, 0.25) is 0 Å². The van der Waals surface area contributed by atoms with Crippen LogP contribution in [0.25, 0.3) is 0 Å². The van der Waals surface area contributed by atoms with Crippen molar-refractivity contribution in [1.29, 1.82) is 0 Å². The van der Waals surface area contributed by atoms with Crippen LogP contribution in [0.2, 0.25) is 0 Å². The number of carbonyl (C=O) groups is 2. The molecule has 1 unspecified atom stereocenters. The average molecular weight is 304 g/mol. The quantitative estimate of drug-likeness (QED) is 0.487. The third-order valence-corrected chi connectivity index (χ3v) is 3.37. The lowest BCUT2D eigenvalue weighted by Crippen LogP contribution is -2.28. The van der Waals surface area contributed by atoms with Gasteiger partial charge in [0, 0.05) is 17.3 Å². The van der Waals surface area contributed by atoms with Gasteiger partial charge in [0.1, 0.15) is 24.5 Å². The zero-order chi connectivity index (χ0) is 15.5. The van der Waals surface area contributed by atoms with Gasteiger partial charge >= 0.3 is 11.9 Å². The Bertz CT molecular complexity index is 641. The molecule has 1 atom stereocenters. The fourth-order valence-electron chi connectivity index (χ4n) is 2.40. The van der Waals surface area contributed by atoms with E-state index in [0.717, 1.165) is 16.9 Å². The van der Waals surface area contributed by atoms with Gasteiger partial charge in [-0.3, -0.25) is 9.59 Å². The first kappa shape index (κ1) is 14.4. The lowest BCUT2D eigenvalue weighted by Gasteiger charge is -2.25. The second-order valence-corrected chi connectivity index (χ2v) is 4.89. The number of fused-ring (bicyclic) bond motifs is 3. The summed E-state index contributed by atoms with van der Waals surface area (Å²) in [6, 6.07) is 5.11. The van der Waals surface area contributed by atoms with Crippen molar-refractivity contribution in [2.45, 2.75) is 19.4 Å². The van der Waals surface area contributed by atoms with E-state index in [1.807, 2.05) is 6.20 Å². The Morgan fingerprint density at radius 3 is 3.05 bits per heavy atom. The first-order chi connectivity index (χ1) is 10.7. The highest BCUT2D eigenvalue weighted by atomic mass is 16.6. The highest BCUT2D eigenvalue weighted by Crippen LogP contribution is 2.38. The number of hydrazine groups is 1. The van der Waals surface area contributed by atoms with Gasteiger partial charge in [-0.1, -0.05) is 0 Å². The van der Waals surface area contributed by atoms with Crippen LogP contribution in [0.3, 0.4) is 0 Å². The summed E-state index contributed by atoms with van der Waals surface area (Å²) in [5.41, 5.74) is 8.00. The van der Waals surface area contributed by atoms with E-state index in [4.69, 9.17) is 14.2 Å². The molecule has 7 nitrogen and oxygen atoms in total. The minimum Gasteiger partial charge on any atom is -0.489 e. The van der Waals surface area contributed by atoms with E-state index in [9.17, 15) is 9.59 Å². The molecule has 0 amide bonds. The van der Waals surface area contributed by atoms with Crippen molar-refractivity contribution in [3.63, 3.8) is 0 Å². The summed E-state index contributed by atoms with van der Waals surface area (Å²) in [7, 11) is 0. The smallest absolute Gasteiger partial charge is 0.322 e. The van der Waals surface area contributed by atoms with Crippen molar-refractivity contribution in [1.82, 2.24) is 10.9 Å². The SMILES string of the molecule is CCOC(=O)CC(=O)Oc1ccc2c(c1)C1NNC=C1CO2. The van der Waals surface area contributed by atoms with Crippen LogP contribution in [0, 0.1) is 0 Å². The Hall–Kier alpha value is -2.54. The van der Waals surface area contributed by atoms with Gasteiger partial charge in [-0.05, 0) is 25.1 Å². The molecule has 2 aliphatic rings. The summed E-state index contributed by atoms with van der Waals surface area (Å²) in [5, 5.41) is 0. The molecular weight excluding hydrogens is 288 g/mol. The molecule has 3 rings (SSSR count). The number of nitrogens with one attached hydrogen (secondary N) is 2. The number of carbonyl (C=O) groups excluding carboxylic acids is 2. The Morgan fingerprint density at radius 2 is 2.23 bits per heavy atom. The topological polar surface area (TPSA) is 85.9 Å². The molecule has 22 heavy (non-hydrogen) atoms. The number of esters is 2. The molecule has 0 aromatic heterocycles. The number of benzene rings is 1. The normalized spacial score (nSPS) is 18.2. The van der Waals surface area contributed by atoms with E-state index in [1.54, 1.807) is 25.1 Å². The first-order valence-corrected chi connectivity index (χ1v) is 7.00.